The van der Waals surface area contributed by atoms with Crippen LogP contribution in [0.15, 0.2) is 24.3 Å². The summed E-state index contributed by atoms with van der Waals surface area (Å²) in [5.74, 6) is -0.272. The van der Waals surface area contributed by atoms with Crippen LogP contribution in [0.3, 0.4) is 0 Å². The third kappa shape index (κ3) is 2.08. The first kappa shape index (κ1) is 11.8. The molecule has 0 aliphatic heterocycles. The van der Waals surface area contributed by atoms with Gasteiger partial charge in [-0.1, -0.05) is 0 Å². The van der Waals surface area contributed by atoms with Crippen molar-refractivity contribution in [2.45, 2.75) is 26.9 Å². The molecule has 0 fully saturated rings. The van der Waals surface area contributed by atoms with Gasteiger partial charge in [0.2, 0.25) is 0 Å². The molecule has 0 radical (unpaired) electrons. The molecule has 0 saturated heterocycles. The summed E-state index contributed by atoms with van der Waals surface area (Å²) >= 11 is 0. The van der Waals surface area contributed by atoms with Crippen LogP contribution in [0.4, 0.5) is 4.39 Å². The molecule has 0 bridgehead atoms. The fraction of sp³-hybridized carbons (Fsp3) is 0.308. The minimum Gasteiger partial charge on any atom is -0.389 e. The van der Waals surface area contributed by atoms with E-state index < -0.39 is 6.10 Å². The lowest BCUT2D eigenvalue weighted by molar-refractivity contribution is 0.198. The highest BCUT2D eigenvalue weighted by atomic mass is 19.1. The molecule has 0 aliphatic rings. The zero-order valence-electron chi connectivity index (χ0n) is 10.1. The number of aromatic nitrogens is 2. The first-order chi connectivity index (χ1) is 8.00. The number of rotatable bonds is 2. The van der Waals surface area contributed by atoms with Crippen molar-refractivity contribution in [2.75, 3.05) is 0 Å². The average Bonchev–Trinajstić information content (AvgIpc) is 2.55. The van der Waals surface area contributed by atoms with E-state index in [0.717, 1.165) is 22.6 Å². The molecule has 90 valence electrons. The maximum Gasteiger partial charge on any atom is 0.123 e. The third-order valence-corrected chi connectivity index (χ3v) is 2.84. The fourth-order valence-electron chi connectivity index (χ4n) is 2.09. The van der Waals surface area contributed by atoms with Gasteiger partial charge in [0.15, 0.2) is 0 Å². The van der Waals surface area contributed by atoms with Gasteiger partial charge in [0, 0.05) is 11.3 Å². The van der Waals surface area contributed by atoms with Crippen molar-refractivity contribution in [1.82, 2.24) is 9.78 Å². The Kier molecular flexibility index (Phi) is 2.98. The lowest BCUT2D eigenvalue weighted by Crippen LogP contribution is -2.00. The normalized spacial score (nSPS) is 12.8. The Hall–Kier alpha value is -1.68. The van der Waals surface area contributed by atoms with E-state index in [-0.39, 0.29) is 5.82 Å². The maximum absolute atomic E-state index is 12.8. The van der Waals surface area contributed by atoms with Gasteiger partial charge in [-0.3, -0.25) is 0 Å². The molecule has 3 nitrogen and oxygen atoms in total. The van der Waals surface area contributed by atoms with Crippen LogP contribution in [0, 0.1) is 19.7 Å². The van der Waals surface area contributed by atoms with Crippen LogP contribution >= 0.6 is 0 Å². The standard InChI is InChI=1S/C13H15FN2O/c1-8-13(10(3)17)9(2)16(15-8)12-6-4-11(14)5-7-12/h4-7,10,17H,1-3H3. The molecule has 1 heterocycles. The highest BCUT2D eigenvalue weighted by molar-refractivity contribution is 5.37. The Labute approximate surface area is 99.5 Å². The van der Waals surface area contributed by atoms with E-state index >= 15 is 0 Å². The second-order valence-electron chi connectivity index (χ2n) is 4.15. The Morgan fingerprint density at radius 3 is 2.29 bits per heavy atom. The molecule has 17 heavy (non-hydrogen) atoms. The highest BCUT2D eigenvalue weighted by Gasteiger charge is 2.16. The lowest BCUT2D eigenvalue weighted by atomic mass is 10.1. The zero-order chi connectivity index (χ0) is 12.6. The summed E-state index contributed by atoms with van der Waals surface area (Å²) in [6.45, 7) is 5.46. The van der Waals surface area contributed by atoms with Crippen molar-refractivity contribution in [2.24, 2.45) is 0 Å². The van der Waals surface area contributed by atoms with Crippen LogP contribution in [-0.2, 0) is 0 Å². The Morgan fingerprint density at radius 2 is 1.82 bits per heavy atom. The van der Waals surface area contributed by atoms with E-state index in [0.29, 0.717) is 0 Å². The van der Waals surface area contributed by atoms with Crippen LogP contribution < -0.4 is 0 Å². The van der Waals surface area contributed by atoms with Crippen molar-refractivity contribution in [3.63, 3.8) is 0 Å². The van der Waals surface area contributed by atoms with Gasteiger partial charge < -0.3 is 5.11 Å². The molecule has 1 aromatic heterocycles. The molecule has 0 saturated carbocycles. The molecular weight excluding hydrogens is 219 g/mol. The molecule has 1 aromatic carbocycles. The van der Waals surface area contributed by atoms with Crippen molar-refractivity contribution >= 4 is 0 Å². The first-order valence-corrected chi connectivity index (χ1v) is 5.51. The lowest BCUT2D eigenvalue weighted by Gasteiger charge is -2.06. The summed E-state index contributed by atoms with van der Waals surface area (Å²) in [4.78, 5) is 0. The molecule has 0 aliphatic carbocycles. The van der Waals surface area contributed by atoms with E-state index in [1.54, 1.807) is 23.7 Å². The summed E-state index contributed by atoms with van der Waals surface area (Å²) in [6.07, 6.45) is -0.552. The minimum absolute atomic E-state index is 0.272. The van der Waals surface area contributed by atoms with Crippen LogP contribution in [-0.4, -0.2) is 14.9 Å². The van der Waals surface area contributed by atoms with Crippen molar-refractivity contribution in [3.05, 3.63) is 47.0 Å². The maximum atomic E-state index is 12.8. The number of nitrogens with zero attached hydrogens (tertiary/aromatic N) is 2. The van der Waals surface area contributed by atoms with Gasteiger partial charge >= 0.3 is 0 Å². The van der Waals surface area contributed by atoms with E-state index in [4.69, 9.17) is 0 Å². The molecule has 0 amide bonds. The van der Waals surface area contributed by atoms with Crippen LogP contribution in [0.2, 0.25) is 0 Å². The van der Waals surface area contributed by atoms with Crippen LogP contribution in [0.5, 0.6) is 0 Å². The molecular formula is C13H15FN2O. The molecule has 1 unspecified atom stereocenters. The fourth-order valence-corrected chi connectivity index (χ4v) is 2.09. The number of benzene rings is 1. The van der Waals surface area contributed by atoms with Crippen LogP contribution in [0.25, 0.3) is 5.69 Å². The van der Waals surface area contributed by atoms with Gasteiger partial charge in [0.25, 0.3) is 0 Å². The van der Waals surface area contributed by atoms with E-state index in [9.17, 15) is 9.50 Å². The predicted molar refractivity (Wildman–Crippen MR) is 63.6 cm³/mol. The van der Waals surface area contributed by atoms with Gasteiger partial charge in [-0.15, -0.1) is 0 Å². The smallest absolute Gasteiger partial charge is 0.123 e. The Morgan fingerprint density at radius 1 is 1.24 bits per heavy atom. The molecule has 1 N–H and O–H groups in total. The summed E-state index contributed by atoms with van der Waals surface area (Å²) in [5, 5.41) is 14.0. The Bertz CT molecular complexity index is 529. The monoisotopic (exact) mass is 234 g/mol. The van der Waals surface area contributed by atoms with Crippen LogP contribution in [0.1, 0.15) is 30.0 Å². The van der Waals surface area contributed by atoms with Crippen molar-refractivity contribution in [3.8, 4) is 5.69 Å². The predicted octanol–water partition coefficient (Wildman–Crippen LogP) is 2.68. The van der Waals surface area contributed by atoms with E-state index in [1.165, 1.54) is 12.1 Å². The first-order valence-electron chi connectivity index (χ1n) is 5.51. The molecule has 4 heteroatoms. The number of halogens is 1. The number of hydrogen-bond acceptors (Lipinski definition) is 2. The number of aryl methyl sites for hydroxylation is 1. The summed E-state index contributed by atoms with van der Waals surface area (Å²) in [6, 6.07) is 6.13. The molecule has 2 aromatic rings. The molecule has 0 spiro atoms. The van der Waals surface area contributed by atoms with E-state index in [1.807, 2.05) is 13.8 Å². The second kappa shape index (κ2) is 4.30. The van der Waals surface area contributed by atoms with Gasteiger partial charge in [0.1, 0.15) is 5.82 Å². The van der Waals surface area contributed by atoms with Crippen molar-refractivity contribution in [1.29, 1.82) is 0 Å². The molecule has 2 rings (SSSR count). The topological polar surface area (TPSA) is 38.0 Å². The number of aliphatic hydroxyl groups excluding tert-OH is 1. The third-order valence-electron chi connectivity index (χ3n) is 2.84. The van der Waals surface area contributed by atoms with Gasteiger partial charge in [0.05, 0.1) is 17.5 Å². The van der Waals surface area contributed by atoms with Crippen molar-refractivity contribution < 1.29 is 9.50 Å². The number of aliphatic hydroxyl groups is 1. The van der Waals surface area contributed by atoms with Gasteiger partial charge in [-0.25, -0.2) is 9.07 Å². The number of hydrogen-bond donors (Lipinski definition) is 1. The highest BCUT2D eigenvalue weighted by Crippen LogP contribution is 2.23. The largest absolute Gasteiger partial charge is 0.389 e. The SMILES string of the molecule is Cc1nn(-c2ccc(F)cc2)c(C)c1C(C)O. The summed E-state index contributed by atoms with van der Waals surface area (Å²) < 4.78 is 14.6. The summed E-state index contributed by atoms with van der Waals surface area (Å²) in [7, 11) is 0. The zero-order valence-corrected chi connectivity index (χ0v) is 10.1. The average molecular weight is 234 g/mol. The quantitative estimate of drug-likeness (QED) is 0.867. The van der Waals surface area contributed by atoms with Gasteiger partial charge in [-0.2, -0.15) is 5.10 Å². The minimum atomic E-state index is -0.552. The Balaban J connectivity index is 2.53. The molecule has 1 atom stereocenters. The van der Waals surface area contributed by atoms with E-state index in [2.05, 4.69) is 5.10 Å². The second-order valence-corrected chi connectivity index (χ2v) is 4.15. The van der Waals surface area contributed by atoms with Gasteiger partial charge in [-0.05, 0) is 45.0 Å². The summed E-state index contributed by atoms with van der Waals surface area (Å²) in [5.41, 5.74) is 3.29.